The minimum atomic E-state index is 0.323. The Labute approximate surface area is 106 Å². The number of hydrogen-bond acceptors (Lipinski definition) is 5. The molecule has 18 heavy (non-hydrogen) atoms. The second-order valence-electron chi connectivity index (χ2n) is 4.68. The Kier molecular flexibility index (Phi) is 3.76. The van der Waals surface area contributed by atoms with Crippen molar-refractivity contribution in [1.82, 2.24) is 25.2 Å². The monoisotopic (exact) mass is 249 g/mol. The molecule has 0 amide bonds. The molecule has 0 aliphatic carbocycles. The average Bonchev–Trinajstić information content (AvgIpc) is 2.96. The quantitative estimate of drug-likeness (QED) is 0.872. The van der Waals surface area contributed by atoms with E-state index in [0.717, 1.165) is 12.1 Å². The van der Waals surface area contributed by atoms with Crippen LogP contribution < -0.4 is 5.32 Å². The molecule has 1 atom stereocenters. The van der Waals surface area contributed by atoms with Crippen LogP contribution in [0.5, 0.6) is 0 Å². The average molecular weight is 249 g/mol. The van der Waals surface area contributed by atoms with Crippen molar-refractivity contribution < 1.29 is 4.52 Å². The summed E-state index contributed by atoms with van der Waals surface area (Å²) in [5, 5.41) is 11.5. The third kappa shape index (κ3) is 2.76. The molecule has 6 nitrogen and oxygen atoms in total. The van der Waals surface area contributed by atoms with Crippen molar-refractivity contribution in [3.63, 3.8) is 0 Å². The van der Waals surface area contributed by atoms with Crippen LogP contribution in [0.15, 0.2) is 16.8 Å². The molecular weight excluding hydrogens is 230 g/mol. The Bertz CT molecular complexity index is 502. The highest BCUT2D eigenvalue weighted by atomic mass is 16.5. The van der Waals surface area contributed by atoms with E-state index in [2.05, 4.69) is 41.3 Å². The van der Waals surface area contributed by atoms with E-state index in [1.807, 2.05) is 24.0 Å². The molecule has 6 heteroatoms. The van der Waals surface area contributed by atoms with Gasteiger partial charge in [-0.1, -0.05) is 5.16 Å². The maximum Gasteiger partial charge on any atom is 0.278 e. The molecule has 0 aliphatic heterocycles. The van der Waals surface area contributed by atoms with Gasteiger partial charge in [-0.2, -0.15) is 10.1 Å². The van der Waals surface area contributed by atoms with Crippen LogP contribution in [0, 0.1) is 0 Å². The first-order valence-corrected chi connectivity index (χ1v) is 6.15. The summed E-state index contributed by atoms with van der Waals surface area (Å²) in [6, 6.07) is 2.54. The van der Waals surface area contributed by atoms with Crippen LogP contribution in [0.2, 0.25) is 0 Å². The van der Waals surface area contributed by atoms with Crippen LogP contribution in [0.4, 0.5) is 0 Å². The van der Waals surface area contributed by atoms with E-state index in [1.165, 1.54) is 0 Å². The fraction of sp³-hybridized carbons (Fsp3) is 0.583. The predicted molar refractivity (Wildman–Crippen MR) is 68.1 cm³/mol. The topological polar surface area (TPSA) is 68.8 Å². The van der Waals surface area contributed by atoms with Gasteiger partial charge in [0.2, 0.25) is 0 Å². The molecule has 2 aromatic rings. The number of likely N-dealkylation sites (N-methyl/N-ethyl adjacent to an activating group) is 1. The molecule has 0 saturated carbocycles. The van der Waals surface area contributed by atoms with Gasteiger partial charge in [0.05, 0.1) is 0 Å². The van der Waals surface area contributed by atoms with E-state index in [0.29, 0.717) is 23.8 Å². The van der Waals surface area contributed by atoms with Crippen molar-refractivity contribution in [2.75, 3.05) is 7.05 Å². The zero-order chi connectivity index (χ0) is 13.1. The van der Waals surface area contributed by atoms with Crippen LogP contribution in [-0.2, 0) is 6.42 Å². The molecule has 2 rings (SSSR count). The summed E-state index contributed by atoms with van der Waals surface area (Å²) < 4.78 is 7.09. The van der Waals surface area contributed by atoms with Crippen LogP contribution in [0.3, 0.4) is 0 Å². The third-order valence-corrected chi connectivity index (χ3v) is 2.81. The zero-order valence-corrected chi connectivity index (χ0v) is 11.2. The van der Waals surface area contributed by atoms with Crippen molar-refractivity contribution in [3.8, 4) is 11.6 Å². The van der Waals surface area contributed by atoms with E-state index < -0.39 is 0 Å². The first-order valence-electron chi connectivity index (χ1n) is 6.15. The van der Waals surface area contributed by atoms with Crippen LogP contribution in [-0.4, -0.2) is 33.0 Å². The van der Waals surface area contributed by atoms with Crippen LogP contribution >= 0.6 is 0 Å². The van der Waals surface area contributed by atoms with Gasteiger partial charge in [0, 0.05) is 24.7 Å². The van der Waals surface area contributed by atoms with E-state index in [1.54, 1.807) is 0 Å². The van der Waals surface area contributed by atoms with Gasteiger partial charge >= 0.3 is 0 Å². The van der Waals surface area contributed by atoms with E-state index in [4.69, 9.17) is 4.52 Å². The molecular formula is C12H19N5O. The van der Waals surface area contributed by atoms with E-state index in [-0.39, 0.29) is 0 Å². The molecule has 98 valence electrons. The minimum Gasteiger partial charge on any atom is -0.332 e. The molecule has 0 saturated heterocycles. The number of rotatable bonds is 5. The molecule has 0 aromatic carbocycles. The molecule has 0 spiro atoms. The van der Waals surface area contributed by atoms with Crippen molar-refractivity contribution in [1.29, 1.82) is 0 Å². The van der Waals surface area contributed by atoms with Crippen molar-refractivity contribution >= 4 is 0 Å². The summed E-state index contributed by atoms with van der Waals surface area (Å²) in [4.78, 5) is 4.35. The fourth-order valence-electron chi connectivity index (χ4n) is 1.56. The number of hydrogen-bond donors (Lipinski definition) is 1. The summed E-state index contributed by atoms with van der Waals surface area (Å²) in [6.07, 6.45) is 2.66. The standard InChI is InChI=1S/C12H19N5O/c1-8(2)17-6-5-10(15-17)12-14-11(16-18-12)7-9(3)13-4/h5-6,8-9,13H,7H2,1-4H3. The molecule has 0 radical (unpaired) electrons. The number of nitrogens with zero attached hydrogens (tertiary/aromatic N) is 4. The summed E-state index contributed by atoms with van der Waals surface area (Å²) >= 11 is 0. The molecule has 2 heterocycles. The van der Waals surface area contributed by atoms with Crippen LogP contribution in [0.25, 0.3) is 11.6 Å². The zero-order valence-electron chi connectivity index (χ0n) is 11.2. The summed E-state index contributed by atoms with van der Waals surface area (Å²) in [5.74, 6) is 1.18. The highest BCUT2D eigenvalue weighted by Gasteiger charge is 2.13. The highest BCUT2D eigenvalue weighted by molar-refractivity contribution is 5.44. The van der Waals surface area contributed by atoms with Crippen molar-refractivity contribution in [2.45, 2.75) is 39.3 Å². The predicted octanol–water partition coefficient (Wildman–Crippen LogP) is 1.66. The largest absolute Gasteiger partial charge is 0.332 e. The second-order valence-corrected chi connectivity index (χ2v) is 4.68. The summed E-state index contributed by atoms with van der Waals surface area (Å²) in [7, 11) is 1.91. The van der Waals surface area contributed by atoms with Gasteiger partial charge in [0.1, 0.15) is 0 Å². The maximum atomic E-state index is 5.22. The molecule has 1 N–H and O–H groups in total. The maximum absolute atomic E-state index is 5.22. The number of nitrogens with one attached hydrogen (secondary N) is 1. The molecule has 0 fully saturated rings. The Balaban J connectivity index is 2.13. The van der Waals surface area contributed by atoms with E-state index >= 15 is 0 Å². The molecule has 1 unspecified atom stereocenters. The lowest BCUT2D eigenvalue weighted by Crippen LogP contribution is -2.24. The van der Waals surface area contributed by atoms with Crippen molar-refractivity contribution in [2.24, 2.45) is 0 Å². The number of aromatic nitrogens is 4. The van der Waals surface area contributed by atoms with Gasteiger partial charge in [0.25, 0.3) is 5.89 Å². The van der Waals surface area contributed by atoms with Gasteiger partial charge in [-0.3, -0.25) is 4.68 Å². The van der Waals surface area contributed by atoms with Crippen LogP contribution in [0.1, 0.15) is 32.6 Å². The Hall–Kier alpha value is -1.69. The SMILES string of the molecule is CNC(C)Cc1noc(-c2ccn(C(C)C)n2)n1. The fourth-order valence-corrected chi connectivity index (χ4v) is 1.56. The lowest BCUT2D eigenvalue weighted by Gasteiger charge is -2.04. The Morgan fingerprint density at radius 2 is 2.17 bits per heavy atom. The molecule has 0 aliphatic rings. The molecule has 0 bridgehead atoms. The second kappa shape index (κ2) is 5.30. The van der Waals surface area contributed by atoms with E-state index in [9.17, 15) is 0 Å². The summed E-state index contributed by atoms with van der Waals surface area (Å²) in [5.41, 5.74) is 0.722. The third-order valence-electron chi connectivity index (χ3n) is 2.81. The van der Waals surface area contributed by atoms with Gasteiger partial charge in [0.15, 0.2) is 11.5 Å². The Morgan fingerprint density at radius 1 is 1.39 bits per heavy atom. The van der Waals surface area contributed by atoms with Gasteiger partial charge < -0.3 is 9.84 Å². The van der Waals surface area contributed by atoms with Gasteiger partial charge in [-0.25, -0.2) is 0 Å². The Morgan fingerprint density at radius 3 is 2.78 bits per heavy atom. The van der Waals surface area contributed by atoms with Gasteiger partial charge in [-0.05, 0) is 33.9 Å². The lowest BCUT2D eigenvalue weighted by molar-refractivity contribution is 0.415. The lowest BCUT2D eigenvalue weighted by atomic mass is 10.2. The first kappa shape index (κ1) is 12.8. The first-order chi connectivity index (χ1) is 8.60. The van der Waals surface area contributed by atoms with Gasteiger partial charge in [-0.15, -0.1) is 0 Å². The summed E-state index contributed by atoms with van der Waals surface area (Å²) in [6.45, 7) is 6.22. The molecule has 2 aromatic heterocycles. The highest BCUT2D eigenvalue weighted by Crippen LogP contribution is 2.16. The smallest absolute Gasteiger partial charge is 0.278 e. The van der Waals surface area contributed by atoms with Crippen molar-refractivity contribution in [3.05, 3.63) is 18.1 Å². The minimum absolute atomic E-state index is 0.323. The normalized spacial score (nSPS) is 13.2.